The molecule has 0 spiro atoms. The van der Waals surface area contributed by atoms with Gasteiger partial charge in [-0.1, -0.05) is 13.8 Å². The fourth-order valence-corrected chi connectivity index (χ4v) is 2.14. The van der Waals surface area contributed by atoms with Crippen molar-refractivity contribution in [1.82, 2.24) is 4.57 Å². The smallest absolute Gasteiger partial charge is 0.181 e. The minimum atomic E-state index is -1.02. The van der Waals surface area contributed by atoms with Crippen LogP contribution in [-0.2, 0) is 4.74 Å². The van der Waals surface area contributed by atoms with Crippen LogP contribution >= 0.6 is 0 Å². The highest BCUT2D eigenvalue weighted by Gasteiger charge is 2.41. The number of pyridine rings is 1. The molecule has 1 aliphatic heterocycles. The van der Waals surface area contributed by atoms with Gasteiger partial charge in [0, 0.05) is 30.4 Å². The predicted octanol–water partition coefficient (Wildman–Crippen LogP) is 2.13. The van der Waals surface area contributed by atoms with Crippen molar-refractivity contribution in [1.29, 1.82) is 0 Å². The van der Waals surface area contributed by atoms with Gasteiger partial charge in [-0.05, 0) is 6.42 Å². The summed E-state index contributed by atoms with van der Waals surface area (Å²) in [7, 11) is 0. The fraction of sp³-hybridized carbons (Fsp3) is 0.583. The molecule has 2 rings (SSSR count). The van der Waals surface area contributed by atoms with E-state index < -0.39 is 12.4 Å². The molecule has 0 radical (unpaired) electrons. The van der Waals surface area contributed by atoms with Gasteiger partial charge in [-0.2, -0.15) is 0 Å². The van der Waals surface area contributed by atoms with Gasteiger partial charge in [0.2, 0.25) is 0 Å². The summed E-state index contributed by atoms with van der Waals surface area (Å²) in [4.78, 5) is 11.0. The zero-order valence-corrected chi connectivity index (χ0v) is 9.47. The fourth-order valence-electron chi connectivity index (χ4n) is 2.14. The van der Waals surface area contributed by atoms with E-state index in [4.69, 9.17) is 4.74 Å². The van der Waals surface area contributed by atoms with Gasteiger partial charge in [0.15, 0.2) is 17.8 Å². The Morgan fingerprint density at radius 2 is 2.06 bits per heavy atom. The molecule has 1 fully saturated rings. The van der Waals surface area contributed by atoms with Gasteiger partial charge in [0.05, 0.1) is 6.10 Å². The Bertz CT molecular complexity index is 397. The number of aromatic nitrogens is 1. The van der Waals surface area contributed by atoms with Gasteiger partial charge >= 0.3 is 0 Å². The molecule has 1 aliphatic rings. The maximum atomic E-state index is 14.0. The predicted molar refractivity (Wildman–Crippen MR) is 59.0 cm³/mol. The first-order valence-electron chi connectivity index (χ1n) is 5.61. The Labute approximate surface area is 93.9 Å². The van der Waals surface area contributed by atoms with Crippen LogP contribution in [0.4, 0.5) is 4.39 Å². The number of hydrogen-bond acceptors (Lipinski definition) is 2. The molecule has 0 aromatic carbocycles. The Morgan fingerprint density at radius 1 is 1.44 bits per heavy atom. The van der Waals surface area contributed by atoms with Gasteiger partial charge in [0.1, 0.15) is 0 Å². The van der Waals surface area contributed by atoms with E-state index in [0.29, 0.717) is 0 Å². The van der Waals surface area contributed by atoms with Crippen LogP contribution in [0.2, 0.25) is 0 Å². The van der Waals surface area contributed by atoms with Gasteiger partial charge in [-0.3, -0.25) is 4.79 Å². The number of ether oxygens (including phenoxy) is 1. The number of rotatable bonds is 2. The summed E-state index contributed by atoms with van der Waals surface area (Å²) in [6, 6.07) is 2.83. The topological polar surface area (TPSA) is 31.2 Å². The molecule has 0 unspecified atom stereocenters. The third-order valence-corrected chi connectivity index (χ3v) is 3.19. The van der Waals surface area contributed by atoms with E-state index in [1.807, 2.05) is 13.8 Å². The van der Waals surface area contributed by atoms with Gasteiger partial charge in [-0.25, -0.2) is 4.39 Å². The Balaban J connectivity index is 2.22. The van der Waals surface area contributed by atoms with E-state index in [0.717, 1.165) is 6.42 Å². The molecule has 4 atom stereocenters. The molecule has 0 N–H and O–H groups in total. The third kappa shape index (κ3) is 1.89. The molecule has 1 aromatic heterocycles. The number of nitrogens with zero attached hydrogens (tertiary/aromatic N) is 1. The van der Waals surface area contributed by atoms with Gasteiger partial charge in [0.25, 0.3) is 0 Å². The molecule has 0 aliphatic carbocycles. The van der Waals surface area contributed by atoms with E-state index in [2.05, 4.69) is 0 Å². The zero-order chi connectivity index (χ0) is 11.7. The van der Waals surface area contributed by atoms with Crippen molar-refractivity contribution in [2.75, 3.05) is 0 Å². The van der Waals surface area contributed by atoms with Crippen molar-refractivity contribution >= 4 is 0 Å². The lowest BCUT2D eigenvalue weighted by Gasteiger charge is -2.16. The lowest BCUT2D eigenvalue weighted by atomic mass is 10.00. The molecule has 16 heavy (non-hydrogen) atoms. The molecule has 3 nitrogen and oxygen atoms in total. The molecule has 0 saturated carbocycles. The monoisotopic (exact) mass is 225 g/mol. The quantitative estimate of drug-likeness (QED) is 0.772. The molecule has 2 heterocycles. The van der Waals surface area contributed by atoms with E-state index in [1.54, 1.807) is 17.0 Å². The van der Waals surface area contributed by atoms with Crippen molar-refractivity contribution in [3.05, 3.63) is 34.7 Å². The second-order valence-corrected chi connectivity index (χ2v) is 4.26. The van der Waals surface area contributed by atoms with Gasteiger partial charge in [-0.15, -0.1) is 0 Å². The van der Waals surface area contributed by atoms with Crippen LogP contribution in [0, 0.1) is 5.92 Å². The summed E-state index contributed by atoms with van der Waals surface area (Å²) in [5, 5.41) is 0. The van der Waals surface area contributed by atoms with E-state index in [9.17, 15) is 9.18 Å². The standard InChI is InChI=1S/C12H16FNO2/c1-3-10-8(2)11(13)12(16-10)14-6-4-9(15)5-7-14/h4-8,10-12H,3H2,1-2H3/t8-,10-,11-,12-/m1/s1. The second-order valence-electron chi connectivity index (χ2n) is 4.26. The molecule has 1 aromatic rings. The van der Waals surface area contributed by atoms with Crippen LogP contribution in [0.25, 0.3) is 0 Å². The largest absolute Gasteiger partial charge is 0.351 e. The van der Waals surface area contributed by atoms with Crippen LogP contribution in [0.15, 0.2) is 29.3 Å². The van der Waals surface area contributed by atoms with E-state index >= 15 is 0 Å². The molecule has 88 valence electrons. The van der Waals surface area contributed by atoms with Crippen molar-refractivity contribution in [2.24, 2.45) is 5.92 Å². The highest BCUT2D eigenvalue weighted by atomic mass is 19.1. The number of alkyl halides is 1. The molecule has 0 bridgehead atoms. The number of hydrogen-bond donors (Lipinski definition) is 0. The molecule has 4 heteroatoms. The van der Waals surface area contributed by atoms with Crippen LogP contribution in [0.3, 0.4) is 0 Å². The summed E-state index contributed by atoms with van der Waals surface area (Å²) in [6.45, 7) is 3.85. The first-order valence-corrected chi connectivity index (χ1v) is 5.61. The number of halogens is 1. The van der Waals surface area contributed by atoms with Gasteiger partial charge < -0.3 is 9.30 Å². The first kappa shape index (κ1) is 11.3. The van der Waals surface area contributed by atoms with Crippen LogP contribution in [0.1, 0.15) is 26.5 Å². The minimum absolute atomic E-state index is 0.0422. The Hall–Kier alpha value is -1.16. The minimum Gasteiger partial charge on any atom is -0.351 e. The average Bonchev–Trinajstić information content (AvgIpc) is 2.57. The van der Waals surface area contributed by atoms with Crippen LogP contribution in [-0.4, -0.2) is 16.8 Å². The Kier molecular flexibility index (Phi) is 3.10. The highest BCUT2D eigenvalue weighted by molar-refractivity contribution is 4.97. The van der Waals surface area contributed by atoms with Crippen molar-refractivity contribution in [3.8, 4) is 0 Å². The SMILES string of the molecule is CC[C@H]1O[C@@H](n2ccc(=O)cc2)[C@H](F)[C@@H]1C. The summed E-state index contributed by atoms with van der Waals surface area (Å²) < 4.78 is 21.3. The van der Waals surface area contributed by atoms with E-state index in [-0.39, 0.29) is 17.5 Å². The van der Waals surface area contributed by atoms with Crippen molar-refractivity contribution < 1.29 is 9.13 Å². The summed E-state index contributed by atoms with van der Waals surface area (Å²) in [5.74, 6) is -0.102. The summed E-state index contributed by atoms with van der Waals surface area (Å²) in [5.41, 5.74) is -0.0789. The third-order valence-electron chi connectivity index (χ3n) is 3.19. The van der Waals surface area contributed by atoms with Crippen molar-refractivity contribution in [3.63, 3.8) is 0 Å². The molecule has 1 saturated heterocycles. The maximum absolute atomic E-state index is 14.0. The summed E-state index contributed by atoms with van der Waals surface area (Å²) >= 11 is 0. The highest BCUT2D eigenvalue weighted by Crippen LogP contribution is 2.36. The first-order chi connectivity index (χ1) is 7.63. The lowest BCUT2D eigenvalue weighted by molar-refractivity contribution is -0.0210. The van der Waals surface area contributed by atoms with Crippen LogP contribution < -0.4 is 5.43 Å². The second kappa shape index (κ2) is 4.37. The molecular weight excluding hydrogens is 209 g/mol. The average molecular weight is 225 g/mol. The lowest BCUT2D eigenvalue weighted by Crippen LogP contribution is -2.20. The summed E-state index contributed by atoms with van der Waals surface area (Å²) in [6.07, 6.45) is 2.29. The molecule has 0 amide bonds. The zero-order valence-electron chi connectivity index (χ0n) is 9.47. The Morgan fingerprint density at radius 3 is 2.56 bits per heavy atom. The van der Waals surface area contributed by atoms with Crippen LogP contribution in [0.5, 0.6) is 0 Å². The van der Waals surface area contributed by atoms with E-state index in [1.165, 1.54) is 12.1 Å². The maximum Gasteiger partial charge on any atom is 0.181 e. The molecular formula is C12H16FNO2. The van der Waals surface area contributed by atoms with Crippen molar-refractivity contribution in [2.45, 2.75) is 38.8 Å². The normalized spacial score (nSPS) is 34.2.